The summed E-state index contributed by atoms with van der Waals surface area (Å²) in [6.07, 6.45) is 0. The summed E-state index contributed by atoms with van der Waals surface area (Å²) < 4.78 is 12.3. The van der Waals surface area contributed by atoms with E-state index in [1.807, 2.05) is 50.2 Å². The van der Waals surface area contributed by atoms with Crippen molar-refractivity contribution >= 4 is 33.5 Å². The second kappa shape index (κ2) is 6.77. The first-order valence-electron chi connectivity index (χ1n) is 9.32. The molecule has 0 bridgehead atoms. The maximum absolute atomic E-state index is 12.6. The van der Waals surface area contributed by atoms with Crippen molar-refractivity contribution in [1.29, 1.82) is 0 Å². The van der Waals surface area contributed by atoms with E-state index in [1.165, 1.54) is 10.6 Å². The SMILES string of the molecule is Cc1cc(C)n2nc(C(=O)OCc3cc(=O)oc4ccc5ccccc5c34)nc2n1. The van der Waals surface area contributed by atoms with Gasteiger partial charge in [0.25, 0.3) is 11.6 Å². The van der Waals surface area contributed by atoms with E-state index >= 15 is 0 Å². The van der Waals surface area contributed by atoms with Gasteiger partial charge in [0.1, 0.15) is 12.2 Å². The molecule has 0 atom stereocenters. The van der Waals surface area contributed by atoms with Crippen LogP contribution in [0.1, 0.15) is 27.6 Å². The summed E-state index contributed by atoms with van der Waals surface area (Å²) in [6, 6.07) is 14.5. The van der Waals surface area contributed by atoms with Gasteiger partial charge >= 0.3 is 11.6 Å². The summed E-state index contributed by atoms with van der Waals surface area (Å²) in [6.45, 7) is 3.58. The van der Waals surface area contributed by atoms with Gasteiger partial charge in [-0.15, -0.1) is 5.10 Å². The van der Waals surface area contributed by atoms with Crippen LogP contribution in [-0.2, 0) is 11.3 Å². The number of rotatable bonds is 3. The quantitative estimate of drug-likeness (QED) is 0.260. The van der Waals surface area contributed by atoms with Crippen LogP contribution in [0.4, 0.5) is 0 Å². The Hall–Kier alpha value is -4.07. The highest BCUT2D eigenvalue weighted by Crippen LogP contribution is 2.27. The molecule has 0 amide bonds. The van der Waals surface area contributed by atoms with Gasteiger partial charge in [-0.1, -0.05) is 30.3 Å². The van der Waals surface area contributed by atoms with Crippen molar-refractivity contribution in [3.05, 3.63) is 81.7 Å². The van der Waals surface area contributed by atoms with Crippen molar-refractivity contribution in [1.82, 2.24) is 19.6 Å². The van der Waals surface area contributed by atoms with Crippen molar-refractivity contribution in [2.75, 3.05) is 0 Å². The van der Waals surface area contributed by atoms with E-state index in [1.54, 1.807) is 6.07 Å². The zero-order valence-electron chi connectivity index (χ0n) is 16.2. The van der Waals surface area contributed by atoms with Crippen molar-refractivity contribution in [3.63, 3.8) is 0 Å². The highest BCUT2D eigenvalue weighted by Gasteiger charge is 2.18. The summed E-state index contributed by atoms with van der Waals surface area (Å²) in [5, 5.41) is 6.82. The smallest absolute Gasteiger partial charge is 0.378 e. The minimum Gasteiger partial charge on any atom is -0.455 e. The Morgan fingerprint density at radius 1 is 1.10 bits per heavy atom. The molecule has 3 aromatic heterocycles. The lowest BCUT2D eigenvalue weighted by molar-refractivity contribution is 0.0459. The Bertz CT molecular complexity index is 1520. The first-order chi connectivity index (χ1) is 14.5. The largest absolute Gasteiger partial charge is 0.455 e. The average molecular weight is 400 g/mol. The summed E-state index contributed by atoms with van der Waals surface area (Å²) in [7, 11) is 0. The molecule has 5 aromatic rings. The topological polar surface area (TPSA) is 99.6 Å². The maximum atomic E-state index is 12.6. The van der Waals surface area contributed by atoms with E-state index in [2.05, 4.69) is 15.1 Å². The molecule has 0 fully saturated rings. The van der Waals surface area contributed by atoms with Gasteiger partial charge in [-0.3, -0.25) is 0 Å². The lowest BCUT2D eigenvalue weighted by atomic mass is 10.0. The molecule has 5 rings (SSSR count). The van der Waals surface area contributed by atoms with Crippen LogP contribution >= 0.6 is 0 Å². The molecule has 0 aliphatic rings. The molecule has 0 saturated carbocycles. The predicted octanol–water partition coefficient (Wildman–Crippen LogP) is 3.36. The van der Waals surface area contributed by atoms with Crippen LogP contribution in [0.5, 0.6) is 0 Å². The van der Waals surface area contributed by atoms with Crippen LogP contribution in [0.15, 0.2) is 57.7 Å². The van der Waals surface area contributed by atoms with Crippen molar-refractivity contribution in [2.45, 2.75) is 20.5 Å². The number of fused-ring (bicyclic) bond motifs is 4. The molecule has 0 aliphatic carbocycles. The van der Waals surface area contributed by atoms with Gasteiger partial charge in [0.2, 0.25) is 0 Å². The molecule has 0 radical (unpaired) electrons. The number of hydrogen-bond donors (Lipinski definition) is 0. The summed E-state index contributed by atoms with van der Waals surface area (Å²) in [4.78, 5) is 33.0. The van der Waals surface area contributed by atoms with E-state index < -0.39 is 11.6 Å². The molecule has 148 valence electrons. The Balaban J connectivity index is 1.52. The number of nitrogens with zero attached hydrogens (tertiary/aromatic N) is 4. The molecule has 30 heavy (non-hydrogen) atoms. The van der Waals surface area contributed by atoms with E-state index in [9.17, 15) is 9.59 Å². The normalized spacial score (nSPS) is 11.4. The van der Waals surface area contributed by atoms with E-state index in [-0.39, 0.29) is 12.4 Å². The van der Waals surface area contributed by atoms with E-state index in [0.29, 0.717) is 16.9 Å². The lowest BCUT2D eigenvalue weighted by Gasteiger charge is -2.08. The van der Waals surface area contributed by atoms with Crippen LogP contribution in [0.3, 0.4) is 0 Å². The van der Waals surface area contributed by atoms with Crippen molar-refractivity contribution < 1.29 is 13.9 Å². The number of ether oxygens (including phenoxy) is 1. The van der Waals surface area contributed by atoms with Gasteiger partial charge in [0.15, 0.2) is 0 Å². The Morgan fingerprint density at radius 2 is 1.93 bits per heavy atom. The van der Waals surface area contributed by atoms with E-state index in [4.69, 9.17) is 9.15 Å². The molecular formula is C22H16N4O4. The highest BCUT2D eigenvalue weighted by molar-refractivity contribution is 6.07. The third-order valence-corrected chi connectivity index (χ3v) is 4.87. The highest BCUT2D eigenvalue weighted by atomic mass is 16.5. The lowest BCUT2D eigenvalue weighted by Crippen LogP contribution is -2.10. The first kappa shape index (κ1) is 18.0. The third kappa shape index (κ3) is 2.98. The number of aryl methyl sites for hydroxylation is 2. The molecule has 3 heterocycles. The van der Waals surface area contributed by atoms with Gasteiger partial charge in [-0.25, -0.2) is 19.1 Å². The fourth-order valence-corrected chi connectivity index (χ4v) is 3.59. The van der Waals surface area contributed by atoms with Crippen LogP contribution in [0, 0.1) is 13.8 Å². The van der Waals surface area contributed by atoms with Crippen LogP contribution in [-0.4, -0.2) is 25.6 Å². The summed E-state index contributed by atoms with van der Waals surface area (Å²) in [5.41, 5.74) is 2.07. The third-order valence-electron chi connectivity index (χ3n) is 4.87. The molecule has 2 aromatic carbocycles. The van der Waals surface area contributed by atoms with Crippen LogP contribution in [0.25, 0.3) is 27.5 Å². The number of carbonyl (C=O) groups is 1. The molecule has 0 saturated heterocycles. The standard InChI is InChI=1S/C22H16N4O4/c1-12-9-13(2)26-22(23-12)24-20(25-26)21(28)29-11-15-10-18(27)30-17-8-7-14-5-3-4-6-16(14)19(15)17/h3-10H,11H2,1-2H3. The molecule has 8 nitrogen and oxygen atoms in total. The van der Waals surface area contributed by atoms with Gasteiger partial charge in [0.05, 0.1) is 0 Å². The molecule has 0 aliphatic heterocycles. The Kier molecular flexibility index (Phi) is 4.06. The first-order valence-corrected chi connectivity index (χ1v) is 9.32. The zero-order valence-corrected chi connectivity index (χ0v) is 16.2. The van der Waals surface area contributed by atoms with Crippen molar-refractivity contribution in [2.24, 2.45) is 0 Å². The second-order valence-electron chi connectivity index (χ2n) is 7.01. The van der Waals surface area contributed by atoms with Gasteiger partial charge < -0.3 is 9.15 Å². The van der Waals surface area contributed by atoms with Crippen LogP contribution < -0.4 is 5.63 Å². The van der Waals surface area contributed by atoms with E-state index in [0.717, 1.165) is 27.5 Å². The average Bonchev–Trinajstić information content (AvgIpc) is 3.16. The van der Waals surface area contributed by atoms with Gasteiger partial charge in [-0.2, -0.15) is 4.98 Å². The zero-order chi connectivity index (χ0) is 20.8. The fourth-order valence-electron chi connectivity index (χ4n) is 3.59. The number of aromatic nitrogens is 4. The molecular weight excluding hydrogens is 384 g/mol. The summed E-state index contributed by atoms with van der Waals surface area (Å²) in [5.74, 6) is -0.455. The van der Waals surface area contributed by atoms with Gasteiger partial charge in [-0.05, 0) is 36.8 Å². The predicted molar refractivity (Wildman–Crippen MR) is 109 cm³/mol. The number of carbonyl (C=O) groups excluding carboxylic acids is 1. The minimum atomic E-state index is -0.695. The summed E-state index contributed by atoms with van der Waals surface area (Å²) >= 11 is 0. The maximum Gasteiger partial charge on any atom is 0.378 e. The second-order valence-corrected chi connectivity index (χ2v) is 7.01. The Morgan fingerprint density at radius 3 is 2.80 bits per heavy atom. The minimum absolute atomic E-state index is 0.0895. The number of hydrogen-bond acceptors (Lipinski definition) is 7. The molecule has 8 heteroatoms. The monoisotopic (exact) mass is 400 g/mol. The number of benzene rings is 2. The molecule has 0 spiro atoms. The van der Waals surface area contributed by atoms with Crippen LogP contribution in [0.2, 0.25) is 0 Å². The Labute approximate surface area is 169 Å². The number of esters is 1. The molecule has 0 unspecified atom stereocenters. The van der Waals surface area contributed by atoms with Crippen molar-refractivity contribution in [3.8, 4) is 0 Å². The molecule has 0 N–H and O–H groups in total. The fraction of sp³-hybridized carbons (Fsp3) is 0.136. The van der Waals surface area contributed by atoms with Gasteiger partial charge in [0, 0.05) is 28.4 Å².